The molecule has 2 aromatic rings. The highest BCUT2D eigenvalue weighted by molar-refractivity contribution is 7.21. The Hall–Kier alpha value is -1.51. The summed E-state index contributed by atoms with van der Waals surface area (Å²) in [7, 11) is 9.66. The maximum absolute atomic E-state index is 2.69. The van der Waals surface area contributed by atoms with Crippen LogP contribution in [0.4, 0.5) is 0 Å². The summed E-state index contributed by atoms with van der Waals surface area (Å²) in [6.07, 6.45) is 12.8. The van der Waals surface area contributed by atoms with Gasteiger partial charge in [0.2, 0.25) is 13.5 Å². The molecule has 2 aromatic carbocycles. The van der Waals surface area contributed by atoms with Gasteiger partial charge < -0.3 is 9.62 Å². The van der Waals surface area contributed by atoms with Gasteiger partial charge in [-0.15, -0.1) is 0 Å². The fourth-order valence-corrected chi connectivity index (χ4v) is 11.0. The molecule has 4 heteroatoms. The third kappa shape index (κ3) is 5.19. The molecule has 0 bridgehead atoms. The Morgan fingerprint density at radius 1 is 0.564 bits per heavy atom. The molecule has 2 nitrogen and oxygen atoms in total. The zero-order valence-corrected chi connectivity index (χ0v) is 25.4. The largest absolute Gasteiger partial charge is 0.352 e. The molecule has 0 amide bonds. The van der Waals surface area contributed by atoms with E-state index in [1.54, 1.807) is 11.1 Å². The van der Waals surface area contributed by atoms with E-state index in [1.165, 1.54) is 57.8 Å². The van der Waals surface area contributed by atoms with E-state index in [2.05, 4.69) is 105 Å². The molecule has 9 atom stereocenters. The number of nitrogens with zero attached hydrogens (tertiary/aromatic N) is 2. The standard InChI is InChI=1S/C35H52B2N2/c1-25-24-33-29(27-16-10-7-11-17-27)19-13-21-32(33)35(25)37(39(4)5)36(38(2)3)34-23-22-30-28(18-12-20-31(30)34)26-14-8-6-9-15-26/h6-11,14-17,25,28-35H,12-13,18-24H2,1-5H3/t25-,28?,29?,30?,31?,32?,33?,34?,35?/m1/s1. The number of fused-ring (bicyclic) bond motifs is 2. The van der Waals surface area contributed by atoms with Gasteiger partial charge in [-0.2, -0.15) is 0 Å². The van der Waals surface area contributed by atoms with Crippen molar-refractivity contribution in [1.29, 1.82) is 0 Å². The van der Waals surface area contributed by atoms with Crippen LogP contribution in [0.1, 0.15) is 87.7 Å². The van der Waals surface area contributed by atoms with Crippen molar-refractivity contribution in [3.8, 4) is 0 Å². The summed E-state index contributed by atoms with van der Waals surface area (Å²) in [6, 6.07) is 23.1. The summed E-state index contributed by atoms with van der Waals surface area (Å²) in [5.41, 5.74) is 3.22. The number of benzene rings is 2. The first-order valence-electron chi connectivity index (χ1n) is 16.4. The van der Waals surface area contributed by atoms with Gasteiger partial charge in [-0.1, -0.05) is 99.7 Å². The summed E-state index contributed by atoms with van der Waals surface area (Å²) in [5.74, 6) is 7.46. The summed E-state index contributed by atoms with van der Waals surface area (Å²) in [5, 5.41) is 0. The Labute approximate surface area is 240 Å². The first-order valence-corrected chi connectivity index (χ1v) is 16.4. The van der Waals surface area contributed by atoms with Crippen LogP contribution in [0.25, 0.3) is 0 Å². The van der Waals surface area contributed by atoms with E-state index >= 15 is 0 Å². The van der Waals surface area contributed by atoms with Gasteiger partial charge in [0.25, 0.3) is 0 Å². The van der Waals surface area contributed by atoms with E-state index in [4.69, 9.17) is 0 Å². The van der Waals surface area contributed by atoms with Gasteiger partial charge >= 0.3 is 0 Å². The van der Waals surface area contributed by atoms with Crippen molar-refractivity contribution in [2.24, 2.45) is 29.6 Å². The molecule has 4 saturated carbocycles. The molecule has 6 rings (SSSR count). The van der Waals surface area contributed by atoms with Gasteiger partial charge in [0.15, 0.2) is 0 Å². The molecular weight excluding hydrogens is 470 g/mol. The zero-order valence-electron chi connectivity index (χ0n) is 25.4. The molecule has 39 heavy (non-hydrogen) atoms. The van der Waals surface area contributed by atoms with Gasteiger partial charge in [0, 0.05) is 0 Å². The van der Waals surface area contributed by atoms with Crippen LogP contribution >= 0.6 is 0 Å². The van der Waals surface area contributed by atoms with E-state index in [1.807, 2.05) is 0 Å². The molecule has 8 unspecified atom stereocenters. The first kappa shape index (κ1) is 27.6. The van der Waals surface area contributed by atoms with Crippen LogP contribution in [0.5, 0.6) is 0 Å². The van der Waals surface area contributed by atoms with Crippen LogP contribution in [0.2, 0.25) is 11.6 Å². The molecule has 0 heterocycles. The predicted octanol–water partition coefficient (Wildman–Crippen LogP) is 8.15. The lowest BCUT2D eigenvalue weighted by atomic mass is 9.09. The summed E-state index contributed by atoms with van der Waals surface area (Å²) in [4.78, 5) is 5.37. The molecule has 4 aliphatic carbocycles. The minimum absolute atomic E-state index is 0.639. The summed E-state index contributed by atoms with van der Waals surface area (Å²) in [6.45, 7) is 3.91. The second kappa shape index (κ2) is 11.8. The Balaban J connectivity index is 1.29. The third-order valence-corrected chi connectivity index (χ3v) is 12.2. The highest BCUT2D eigenvalue weighted by Crippen LogP contribution is 2.61. The Morgan fingerprint density at radius 2 is 1.10 bits per heavy atom. The van der Waals surface area contributed by atoms with Crippen molar-refractivity contribution < 1.29 is 0 Å². The molecule has 0 radical (unpaired) electrons. The fourth-order valence-electron chi connectivity index (χ4n) is 11.0. The average molecular weight is 522 g/mol. The normalized spacial score (nSPS) is 36.1. The summed E-state index contributed by atoms with van der Waals surface area (Å²) >= 11 is 0. The lowest BCUT2D eigenvalue weighted by Gasteiger charge is -2.46. The third-order valence-electron chi connectivity index (χ3n) is 12.2. The first-order chi connectivity index (χ1) is 19.0. The van der Waals surface area contributed by atoms with Gasteiger partial charge in [-0.05, 0) is 118 Å². The van der Waals surface area contributed by atoms with Crippen molar-refractivity contribution in [1.82, 2.24) is 9.62 Å². The van der Waals surface area contributed by atoms with E-state index in [0.29, 0.717) is 13.5 Å². The number of hydrogen-bond donors (Lipinski definition) is 0. The van der Waals surface area contributed by atoms with Crippen molar-refractivity contribution in [2.75, 3.05) is 28.2 Å². The van der Waals surface area contributed by atoms with Crippen LogP contribution in [0.3, 0.4) is 0 Å². The van der Waals surface area contributed by atoms with E-state index in [9.17, 15) is 0 Å². The van der Waals surface area contributed by atoms with Crippen LogP contribution < -0.4 is 0 Å². The van der Waals surface area contributed by atoms with Crippen LogP contribution in [-0.4, -0.2) is 51.3 Å². The van der Waals surface area contributed by atoms with Crippen LogP contribution in [0.15, 0.2) is 60.7 Å². The maximum atomic E-state index is 2.69. The molecule has 0 saturated heterocycles. The average Bonchev–Trinajstić information content (AvgIpc) is 3.52. The summed E-state index contributed by atoms with van der Waals surface area (Å²) < 4.78 is 0. The van der Waals surface area contributed by atoms with E-state index < -0.39 is 0 Å². The lowest BCUT2D eigenvalue weighted by Crippen LogP contribution is -2.61. The SMILES string of the molecule is C[C@@H]1CC2C(c3ccccc3)CCCC2C1B(B(C1CCC2C(c3ccccc3)CCCC12)N(C)C)N(C)C. The quantitative estimate of drug-likeness (QED) is 0.339. The van der Waals surface area contributed by atoms with Crippen molar-refractivity contribution in [3.63, 3.8) is 0 Å². The van der Waals surface area contributed by atoms with Gasteiger partial charge in [0.05, 0.1) is 0 Å². The molecule has 208 valence electrons. The Kier molecular flexibility index (Phi) is 8.34. The molecule has 0 spiro atoms. The molecule has 4 fully saturated rings. The molecular formula is C35H52B2N2. The van der Waals surface area contributed by atoms with Crippen molar-refractivity contribution in [2.45, 2.75) is 88.2 Å². The minimum atomic E-state index is 0.639. The zero-order chi connectivity index (χ0) is 27.1. The fraction of sp³-hybridized carbons (Fsp3) is 0.657. The number of rotatable bonds is 7. The molecule has 0 aliphatic heterocycles. The minimum Gasteiger partial charge on any atom is -0.352 e. The monoisotopic (exact) mass is 522 g/mol. The lowest BCUT2D eigenvalue weighted by molar-refractivity contribution is 0.233. The second-order valence-electron chi connectivity index (χ2n) is 14.5. The highest BCUT2D eigenvalue weighted by atomic mass is 15.0. The smallest absolute Gasteiger partial charge is 0.211 e. The van der Waals surface area contributed by atoms with Crippen LogP contribution in [0, 0.1) is 29.6 Å². The van der Waals surface area contributed by atoms with Gasteiger partial charge in [-0.3, -0.25) is 0 Å². The van der Waals surface area contributed by atoms with Crippen molar-refractivity contribution in [3.05, 3.63) is 71.8 Å². The molecule has 0 aromatic heterocycles. The van der Waals surface area contributed by atoms with Gasteiger partial charge in [0.1, 0.15) is 0 Å². The molecule has 0 N–H and O–H groups in total. The van der Waals surface area contributed by atoms with Crippen molar-refractivity contribution >= 4 is 13.5 Å². The topological polar surface area (TPSA) is 6.48 Å². The maximum Gasteiger partial charge on any atom is 0.211 e. The van der Waals surface area contributed by atoms with E-state index in [0.717, 1.165) is 53.1 Å². The second-order valence-corrected chi connectivity index (χ2v) is 14.5. The molecule has 4 aliphatic rings. The Bertz CT molecular complexity index is 1060. The highest BCUT2D eigenvalue weighted by Gasteiger charge is 2.57. The van der Waals surface area contributed by atoms with E-state index in [-0.39, 0.29) is 0 Å². The Morgan fingerprint density at radius 3 is 1.67 bits per heavy atom. The van der Waals surface area contributed by atoms with Crippen LogP contribution in [-0.2, 0) is 0 Å². The predicted molar refractivity (Wildman–Crippen MR) is 169 cm³/mol. The number of hydrogen-bond acceptors (Lipinski definition) is 2. The van der Waals surface area contributed by atoms with Gasteiger partial charge in [-0.25, -0.2) is 0 Å².